The first-order valence-corrected chi connectivity index (χ1v) is 9.25. The van der Waals surface area contributed by atoms with Crippen LogP contribution in [0.4, 0.5) is 16.0 Å². The van der Waals surface area contributed by atoms with Crippen LogP contribution in [0.5, 0.6) is 5.75 Å². The summed E-state index contributed by atoms with van der Waals surface area (Å²) in [6.07, 6.45) is 2.95. The van der Waals surface area contributed by atoms with Crippen molar-refractivity contribution < 1.29 is 14.2 Å². The summed E-state index contributed by atoms with van der Waals surface area (Å²) in [5, 5.41) is 16.8. The van der Waals surface area contributed by atoms with Crippen molar-refractivity contribution in [1.29, 1.82) is 0 Å². The van der Waals surface area contributed by atoms with Crippen molar-refractivity contribution in [3.05, 3.63) is 42.3 Å². The van der Waals surface area contributed by atoms with Crippen LogP contribution in [0.25, 0.3) is 22.0 Å². The first-order chi connectivity index (χ1) is 13.6. The molecule has 3 rings (SSSR count). The Morgan fingerprint density at radius 1 is 1.21 bits per heavy atom. The summed E-state index contributed by atoms with van der Waals surface area (Å²) >= 11 is 0. The third-order valence-corrected chi connectivity index (χ3v) is 3.83. The second-order valence-electron chi connectivity index (χ2n) is 6.08. The molecule has 1 aromatic carbocycles. The summed E-state index contributed by atoms with van der Waals surface area (Å²) in [4.78, 5) is 8.85. The van der Waals surface area contributed by atoms with Gasteiger partial charge in [-0.15, -0.1) is 0 Å². The fourth-order valence-corrected chi connectivity index (χ4v) is 2.60. The number of nitrogens with one attached hydrogen (secondary N) is 2. The lowest BCUT2D eigenvalue weighted by atomic mass is 10.1. The number of hydrogen-bond acceptors (Lipinski definition) is 6. The molecule has 28 heavy (non-hydrogen) atoms. The van der Waals surface area contributed by atoms with Gasteiger partial charge in [0.1, 0.15) is 11.6 Å². The zero-order valence-electron chi connectivity index (χ0n) is 16.7. The molecule has 0 fully saturated rings. The van der Waals surface area contributed by atoms with Crippen LogP contribution in [0.2, 0.25) is 0 Å². The first kappa shape index (κ1) is 21.4. The Labute approximate surface area is 164 Å². The molecule has 150 valence electrons. The third kappa shape index (κ3) is 4.86. The number of nitrogens with zero attached hydrogens (tertiary/aromatic N) is 2. The van der Waals surface area contributed by atoms with Gasteiger partial charge in [0.25, 0.3) is 0 Å². The van der Waals surface area contributed by atoms with Gasteiger partial charge in [-0.05, 0) is 24.3 Å². The first-order valence-electron chi connectivity index (χ1n) is 9.25. The molecule has 0 aliphatic carbocycles. The Hall–Kier alpha value is -2.93. The summed E-state index contributed by atoms with van der Waals surface area (Å²) in [7, 11) is 3.20. The molecule has 0 saturated carbocycles. The predicted molar refractivity (Wildman–Crippen MR) is 113 cm³/mol. The molecule has 2 aromatic heterocycles. The predicted octanol–water partition coefficient (Wildman–Crippen LogP) is 4.31. The Morgan fingerprint density at radius 3 is 2.61 bits per heavy atom. The number of ether oxygens (including phenoxy) is 1. The molecule has 0 spiro atoms. The van der Waals surface area contributed by atoms with E-state index in [2.05, 4.69) is 34.4 Å². The van der Waals surface area contributed by atoms with Crippen molar-refractivity contribution in [3.8, 4) is 17.0 Å². The van der Waals surface area contributed by atoms with Crippen LogP contribution in [0.1, 0.15) is 20.3 Å². The van der Waals surface area contributed by atoms with E-state index in [0.717, 1.165) is 10.8 Å². The van der Waals surface area contributed by atoms with Gasteiger partial charge in [0.15, 0.2) is 11.6 Å². The zero-order valence-corrected chi connectivity index (χ0v) is 16.7. The lowest BCUT2D eigenvalue weighted by molar-refractivity contribution is 0.311. The minimum Gasteiger partial charge on any atom is -0.494 e. The Bertz CT molecular complexity index is 918. The molecular formula is C21H27FN4O2. The van der Waals surface area contributed by atoms with E-state index in [-0.39, 0.29) is 12.4 Å². The average molecular weight is 386 g/mol. The van der Waals surface area contributed by atoms with Crippen LogP contribution in [0.15, 0.2) is 36.5 Å². The van der Waals surface area contributed by atoms with Crippen LogP contribution in [0, 0.1) is 5.82 Å². The number of rotatable bonds is 6. The summed E-state index contributed by atoms with van der Waals surface area (Å²) in [5.41, 5.74) is 0.800. The second kappa shape index (κ2) is 10.4. The highest BCUT2D eigenvalue weighted by atomic mass is 19.1. The SMILES string of the molecule is CCC.CNc1cc2c(NCCO)nc(-c3cccc(OC)c3F)cc2cn1. The van der Waals surface area contributed by atoms with Gasteiger partial charge in [-0.3, -0.25) is 0 Å². The number of halogens is 1. The molecule has 0 amide bonds. The van der Waals surface area contributed by atoms with E-state index in [1.54, 1.807) is 37.5 Å². The lowest BCUT2D eigenvalue weighted by Gasteiger charge is -2.13. The molecule has 7 heteroatoms. The molecule has 0 aliphatic heterocycles. The molecule has 0 unspecified atom stereocenters. The topological polar surface area (TPSA) is 79.3 Å². The number of hydrogen-bond donors (Lipinski definition) is 3. The highest BCUT2D eigenvalue weighted by Crippen LogP contribution is 2.32. The molecule has 0 saturated heterocycles. The highest BCUT2D eigenvalue weighted by molar-refractivity contribution is 5.95. The monoisotopic (exact) mass is 386 g/mol. The Morgan fingerprint density at radius 2 is 1.96 bits per heavy atom. The molecule has 6 nitrogen and oxygen atoms in total. The van der Waals surface area contributed by atoms with E-state index in [9.17, 15) is 4.39 Å². The number of aliphatic hydroxyl groups is 1. The minimum atomic E-state index is -0.468. The Balaban J connectivity index is 0.000000878. The number of benzene rings is 1. The third-order valence-electron chi connectivity index (χ3n) is 3.83. The largest absolute Gasteiger partial charge is 0.494 e. The number of fused-ring (bicyclic) bond motifs is 1. The lowest BCUT2D eigenvalue weighted by Crippen LogP contribution is -2.08. The quantitative estimate of drug-likeness (QED) is 0.586. The van der Waals surface area contributed by atoms with E-state index >= 15 is 0 Å². The van der Waals surface area contributed by atoms with Crippen molar-refractivity contribution in [2.24, 2.45) is 0 Å². The van der Waals surface area contributed by atoms with E-state index in [0.29, 0.717) is 29.4 Å². The van der Waals surface area contributed by atoms with Crippen LogP contribution < -0.4 is 15.4 Å². The van der Waals surface area contributed by atoms with E-state index in [1.165, 1.54) is 13.5 Å². The van der Waals surface area contributed by atoms with E-state index < -0.39 is 5.82 Å². The molecule has 3 N–H and O–H groups in total. The zero-order chi connectivity index (χ0) is 20.5. The van der Waals surface area contributed by atoms with Gasteiger partial charge in [-0.1, -0.05) is 26.3 Å². The van der Waals surface area contributed by atoms with Gasteiger partial charge in [0, 0.05) is 36.1 Å². The standard InChI is InChI=1S/C18H19FN4O2.C3H8/c1-20-16-9-13-11(10-22-16)8-14(23-18(13)21-6-7-24)12-4-3-5-15(25-2)17(12)19;1-3-2/h3-5,8-10,24H,6-7H2,1-2H3,(H,20,22)(H,21,23);3H2,1-2H3. The van der Waals surface area contributed by atoms with Crippen LogP contribution in [0.3, 0.4) is 0 Å². The molecule has 0 bridgehead atoms. The van der Waals surface area contributed by atoms with Gasteiger partial charge < -0.3 is 20.5 Å². The molecule has 0 aliphatic rings. The van der Waals surface area contributed by atoms with Crippen LogP contribution in [-0.2, 0) is 0 Å². The van der Waals surface area contributed by atoms with Crippen LogP contribution in [-0.4, -0.2) is 42.4 Å². The van der Waals surface area contributed by atoms with E-state index in [1.807, 2.05) is 6.07 Å². The maximum Gasteiger partial charge on any atom is 0.174 e. The van der Waals surface area contributed by atoms with E-state index in [4.69, 9.17) is 9.84 Å². The van der Waals surface area contributed by atoms with Crippen molar-refractivity contribution in [1.82, 2.24) is 9.97 Å². The summed E-state index contributed by atoms with van der Waals surface area (Å²) in [6.45, 7) is 4.55. The van der Waals surface area contributed by atoms with Gasteiger partial charge in [0.05, 0.1) is 19.4 Å². The number of pyridine rings is 2. The fraction of sp³-hybridized carbons (Fsp3) is 0.333. The van der Waals surface area contributed by atoms with Crippen molar-refractivity contribution in [3.63, 3.8) is 0 Å². The fourth-order valence-electron chi connectivity index (χ4n) is 2.60. The molecule has 3 aromatic rings. The second-order valence-corrected chi connectivity index (χ2v) is 6.08. The maximum atomic E-state index is 14.6. The minimum absolute atomic E-state index is 0.0368. The van der Waals surface area contributed by atoms with Crippen molar-refractivity contribution in [2.75, 3.05) is 37.9 Å². The van der Waals surface area contributed by atoms with Gasteiger partial charge in [-0.25, -0.2) is 14.4 Å². The molecule has 0 radical (unpaired) electrons. The van der Waals surface area contributed by atoms with Gasteiger partial charge in [0.2, 0.25) is 0 Å². The van der Waals surface area contributed by atoms with Gasteiger partial charge >= 0.3 is 0 Å². The molecular weight excluding hydrogens is 359 g/mol. The summed E-state index contributed by atoms with van der Waals surface area (Å²) < 4.78 is 19.7. The average Bonchev–Trinajstić information content (AvgIpc) is 2.72. The van der Waals surface area contributed by atoms with Crippen molar-refractivity contribution >= 4 is 22.4 Å². The van der Waals surface area contributed by atoms with Crippen LogP contribution >= 0.6 is 0 Å². The summed E-state index contributed by atoms with van der Waals surface area (Å²) in [5.74, 6) is 0.946. The molecule has 2 heterocycles. The van der Waals surface area contributed by atoms with Gasteiger partial charge in [-0.2, -0.15) is 0 Å². The van der Waals surface area contributed by atoms with Crippen molar-refractivity contribution in [2.45, 2.75) is 20.3 Å². The normalized spacial score (nSPS) is 10.2. The number of anilines is 2. The smallest absolute Gasteiger partial charge is 0.174 e. The number of aliphatic hydroxyl groups excluding tert-OH is 1. The summed E-state index contributed by atoms with van der Waals surface area (Å²) in [6, 6.07) is 8.56. The maximum absolute atomic E-state index is 14.6. The number of aromatic nitrogens is 2. The highest BCUT2D eigenvalue weighted by Gasteiger charge is 2.14. The Kier molecular flexibility index (Phi) is 7.95. The number of methoxy groups -OCH3 is 1. The molecule has 0 atom stereocenters.